The summed E-state index contributed by atoms with van der Waals surface area (Å²) in [6.45, 7) is 2.40. The summed E-state index contributed by atoms with van der Waals surface area (Å²) in [7, 11) is 0. The average Bonchev–Trinajstić information content (AvgIpc) is 2.29. The number of nitrogens with zero attached hydrogens (tertiary/aromatic N) is 1. The van der Waals surface area contributed by atoms with Gasteiger partial charge in [-0.3, -0.25) is 4.98 Å². The van der Waals surface area contributed by atoms with Crippen molar-refractivity contribution in [2.24, 2.45) is 0 Å². The molecule has 1 aromatic heterocycles. The molecule has 3 heteroatoms. The van der Waals surface area contributed by atoms with Gasteiger partial charge in [-0.25, -0.2) is 4.39 Å². The molecule has 2 aromatic rings. The van der Waals surface area contributed by atoms with Gasteiger partial charge in [-0.05, 0) is 36.8 Å². The Morgan fingerprint density at radius 2 is 2.12 bits per heavy atom. The fourth-order valence-corrected chi connectivity index (χ4v) is 1.45. The molecule has 0 fully saturated rings. The molecule has 0 saturated carbocycles. The second-order valence-electron chi connectivity index (χ2n) is 3.66. The lowest BCUT2D eigenvalue weighted by Gasteiger charge is -2.07. The Morgan fingerprint density at radius 3 is 2.81 bits per heavy atom. The summed E-state index contributed by atoms with van der Waals surface area (Å²) >= 11 is 0. The van der Waals surface area contributed by atoms with Crippen LogP contribution in [0, 0.1) is 12.7 Å². The topological polar surface area (TPSA) is 24.9 Å². The number of pyridine rings is 1. The number of aromatic nitrogens is 1. The maximum atomic E-state index is 13.5. The van der Waals surface area contributed by atoms with E-state index in [-0.39, 0.29) is 5.82 Å². The zero-order valence-corrected chi connectivity index (χ0v) is 9.07. The Balaban J connectivity index is 2.05. The van der Waals surface area contributed by atoms with Crippen LogP contribution in [0.15, 0.2) is 42.6 Å². The van der Waals surface area contributed by atoms with Crippen LogP contribution in [0.2, 0.25) is 0 Å². The van der Waals surface area contributed by atoms with Crippen molar-refractivity contribution in [1.82, 2.24) is 4.98 Å². The van der Waals surface area contributed by atoms with E-state index in [2.05, 4.69) is 10.3 Å². The van der Waals surface area contributed by atoms with Crippen molar-refractivity contribution in [2.75, 3.05) is 5.32 Å². The van der Waals surface area contributed by atoms with Crippen molar-refractivity contribution in [1.29, 1.82) is 0 Å². The van der Waals surface area contributed by atoms with Crippen molar-refractivity contribution in [3.8, 4) is 0 Å². The highest BCUT2D eigenvalue weighted by Gasteiger charge is 2.01. The van der Waals surface area contributed by atoms with Crippen molar-refractivity contribution in [2.45, 2.75) is 13.5 Å². The van der Waals surface area contributed by atoms with Crippen molar-refractivity contribution >= 4 is 5.69 Å². The number of halogens is 1. The maximum Gasteiger partial charge on any atom is 0.146 e. The summed E-state index contributed by atoms with van der Waals surface area (Å²) in [6, 6.07) is 10.8. The number of hydrogen-bond acceptors (Lipinski definition) is 2. The van der Waals surface area contributed by atoms with Crippen LogP contribution in [0.4, 0.5) is 10.1 Å². The molecule has 0 radical (unpaired) electrons. The molecule has 0 aliphatic rings. The van der Waals surface area contributed by atoms with Crippen LogP contribution >= 0.6 is 0 Å². The monoisotopic (exact) mass is 216 g/mol. The standard InChI is InChI=1S/C13H13FN2/c1-10-5-6-13(12(14)8-10)16-9-11-4-2-3-7-15-11/h2-8,16H,9H2,1H3. The lowest BCUT2D eigenvalue weighted by Crippen LogP contribution is -2.02. The predicted octanol–water partition coefficient (Wildman–Crippen LogP) is 3.14. The normalized spacial score (nSPS) is 10.1. The molecule has 2 nitrogen and oxygen atoms in total. The molecule has 0 atom stereocenters. The van der Waals surface area contributed by atoms with Gasteiger partial charge in [0, 0.05) is 6.20 Å². The first kappa shape index (κ1) is 10.6. The van der Waals surface area contributed by atoms with Crippen molar-refractivity contribution < 1.29 is 4.39 Å². The van der Waals surface area contributed by atoms with E-state index in [1.807, 2.05) is 31.2 Å². The molecule has 16 heavy (non-hydrogen) atoms. The number of anilines is 1. The molecule has 0 unspecified atom stereocenters. The fraction of sp³-hybridized carbons (Fsp3) is 0.154. The zero-order valence-electron chi connectivity index (χ0n) is 9.07. The summed E-state index contributed by atoms with van der Waals surface area (Å²) < 4.78 is 13.5. The number of aryl methyl sites for hydroxylation is 1. The molecule has 0 aliphatic heterocycles. The van der Waals surface area contributed by atoms with Crippen molar-refractivity contribution in [3.63, 3.8) is 0 Å². The lowest BCUT2D eigenvalue weighted by molar-refractivity contribution is 0.629. The third-order valence-corrected chi connectivity index (χ3v) is 2.31. The first-order valence-corrected chi connectivity index (χ1v) is 5.15. The van der Waals surface area contributed by atoms with Crippen LogP contribution in [0.25, 0.3) is 0 Å². The van der Waals surface area contributed by atoms with E-state index in [4.69, 9.17) is 0 Å². The summed E-state index contributed by atoms with van der Waals surface area (Å²) in [5.41, 5.74) is 2.32. The second-order valence-corrected chi connectivity index (χ2v) is 3.66. The summed E-state index contributed by atoms with van der Waals surface area (Å²) in [5, 5.41) is 3.02. The highest BCUT2D eigenvalue weighted by atomic mass is 19.1. The molecule has 1 N–H and O–H groups in total. The van der Waals surface area contributed by atoms with Gasteiger partial charge in [0.05, 0.1) is 17.9 Å². The molecule has 0 spiro atoms. The van der Waals surface area contributed by atoms with E-state index in [0.717, 1.165) is 11.3 Å². The maximum absolute atomic E-state index is 13.5. The van der Waals surface area contributed by atoms with E-state index in [0.29, 0.717) is 12.2 Å². The van der Waals surface area contributed by atoms with E-state index in [9.17, 15) is 4.39 Å². The quantitative estimate of drug-likeness (QED) is 0.852. The van der Waals surface area contributed by atoms with Gasteiger partial charge < -0.3 is 5.32 Å². The second kappa shape index (κ2) is 4.75. The number of rotatable bonds is 3. The van der Waals surface area contributed by atoms with E-state index in [1.165, 1.54) is 6.07 Å². The molecule has 0 bridgehead atoms. The molecule has 82 valence electrons. The average molecular weight is 216 g/mol. The Kier molecular flexibility index (Phi) is 3.15. The van der Waals surface area contributed by atoms with Gasteiger partial charge in [-0.2, -0.15) is 0 Å². The first-order chi connectivity index (χ1) is 7.75. The van der Waals surface area contributed by atoms with Crippen LogP contribution < -0.4 is 5.32 Å². The number of nitrogens with one attached hydrogen (secondary N) is 1. The Bertz CT molecular complexity index is 469. The Labute approximate surface area is 94.2 Å². The molecule has 2 rings (SSSR count). The van der Waals surface area contributed by atoms with Crippen LogP contribution in [0.3, 0.4) is 0 Å². The molecule has 0 amide bonds. The number of hydrogen-bond donors (Lipinski definition) is 1. The predicted molar refractivity (Wildman–Crippen MR) is 62.7 cm³/mol. The van der Waals surface area contributed by atoms with Gasteiger partial charge in [-0.15, -0.1) is 0 Å². The molecular formula is C13H13FN2. The van der Waals surface area contributed by atoms with E-state index < -0.39 is 0 Å². The van der Waals surface area contributed by atoms with E-state index >= 15 is 0 Å². The van der Waals surface area contributed by atoms with Crippen LogP contribution in [-0.2, 0) is 6.54 Å². The highest BCUT2D eigenvalue weighted by molar-refractivity contribution is 5.46. The molecule has 1 heterocycles. The zero-order chi connectivity index (χ0) is 11.4. The number of benzene rings is 1. The summed E-state index contributed by atoms with van der Waals surface area (Å²) in [6.07, 6.45) is 1.72. The van der Waals surface area contributed by atoms with Gasteiger partial charge in [0.1, 0.15) is 5.82 Å². The molecule has 0 saturated heterocycles. The van der Waals surface area contributed by atoms with Gasteiger partial charge in [0.2, 0.25) is 0 Å². The SMILES string of the molecule is Cc1ccc(NCc2ccccn2)c(F)c1. The molecule has 0 aliphatic carbocycles. The minimum Gasteiger partial charge on any atom is -0.377 e. The minimum absolute atomic E-state index is 0.226. The van der Waals surface area contributed by atoms with Gasteiger partial charge in [0.25, 0.3) is 0 Å². The van der Waals surface area contributed by atoms with E-state index in [1.54, 1.807) is 12.3 Å². The minimum atomic E-state index is -0.226. The van der Waals surface area contributed by atoms with Crippen molar-refractivity contribution in [3.05, 3.63) is 59.7 Å². The largest absolute Gasteiger partial charge is 0.377 e. The summed E-state index contributed by atoms with van der Waals surface area (Å²) in [5.74, 6) is -0.226. The Hall–Kier alpha value is -1.90. The third kappa shape index (κ3) is 2.57. The molecule has 1 aromatic carbocycles. The van der Waals surface area contributed by atoms with Crippen LogP contribution in [-0.4, -0.2) is 4.98 Å². The first-order valence-electron chi connectivity index (χ1n) is 5.15. The van der Waals surface area contributed by atoms with Crippen LogP contribution in [0.1, 0.15) is 11.3 Å². The van der Waals surface area contributed by atoms with Gasteiger partial charge in [0.15, 0.2) is 0 Å². The third-order valence-electron chi connectivity index (χ3n) is 2.31. The lowest BCUT2D eigenvalue weighted by atomic mass is 10.2. The highest BCUT2D eigenvalue weighted by Crippen LogP contribution is 2.15. The smallest absolute Gasteiger partial charge is 0.146 e. The van der Waals surface area contributed by atoms with Gasteiger partial charge >= 0.3 is 0 Å². The fourth-order valence-electron chi connectivity index (χ4n) is 1.45. The summed E-state index contributed by atoms with van der Waals surface area (Å²) in [4.78, 5) is 4.16. The Morgan fingerprint density at radius 1 is 1.25 bits per heavy atom. The van der Waals surface area contributed by atoms with Gasteiger partial charge in [-0.1, -0.05) is 12.1 Å². The van der Waals surface area contributed by atoms with Crippen LogP contribution in [0.5, 0.6) is 0 Å². The molecular weight excluding hydrogens is 203 g/mol.